The van der Waals surface area contributed by atoms with Gasteiger partial charge in [-0.3, -0.25) is 5.10 Å². The molecule has 170 valence electrons. The number of allylic oxidation sites excluding steroid dienone is 1. The van der Waals surface area contributed by atoms with Crippen molar-refractivity contribution in [1.82, 2.24) is 10.2 Å². The van der Waals surface area contributed by atoms with E-state index in [0.717, 1.165) is 0 Å². The van der Waals surface area contributed by atoms with E-state index < -0.39 is 35.0 Å². The van der Waals surface area contributed by atoms with Gasteiger partial charge < -0.3 is 19.9 Å². The van der Waals surface area contributed by atoms with Gasteiger partial charge in [0.1, 0.15) is 29.8 Å². The number of fused-ring (bicyclic) bond motifs is 1. The largest absolute Gasteiger partial charge is 0.493 e. The first kappa shape index (κ1) is 22.0. The fourth-order valence-electron chi connectivity index (χ4n) is 3.58. The van der Waals surface area contributed by atoms with Gasteiger partial charge in [-0.05, 0) is 23.8 Å². The maximum absolute atomic E-state index is 13.7. The molecule has 11 heteroatoms. The van der Waals surface area contributed by atoms with Gasteiger partial charge in [-0.1, -0.05) is 24.3 Å². The summed E-state index contributed by atoms with van der Waals surface area (Å²) in [6.45, 7) is -0.0394. The Morgan fingerprint density at radius 2 is 1.94 bits per heavy atom. The predicted molar refractivity (Wildman–Crippen MR) is 107 cm³/mol. The van der Waals surface area contributed by atoms with Crippen LogP contribution in [-0.4, -0.2) is 17.3 Å². The van der Waals surface area contributed by atoms with E-state index in [1.807, 2.05) is 11.2 Å². The summed E-state index contributed by atoms with van der Waals surface area (Å²) in [5.74, 6) is -2.18. The van der Waals surface area contributed by atoms with Crippen molar-refractivity contribution in [2.45, 2.75) is 18.7 Å². The summed E-state index contributed by atoms with van der Waals surface area (Å²) in [5.41, 5.74) is 4.83. The highest BCUT2D eigenvalue weighted by Gasteiger charge is 2.45. The summed E-state index contributed by atoms with van der Waals surface area (Å²) in [5, 5.41) is 15.2. The SMILES string of the molecule is COc1cccc(C2C(C#N)=C(N)Oc3n[nH]c(C(F)(F)F)c32)c1OCc1ccc(F)cc1. The number of methoxy groups -OCH3 is 1. The lowest BCUT2D eigenvalue weighted by Gasteiger charge is -2.26. The Labute approximate surface area is 185 Å². The van der Waals surface area contributed by atoms with Gasteiger partial charge in [0, 0.05) is 5.56 Å². The maximum atomic E-state index is 13.7. The molecule has 4 rings (SSSR count). The lowest BCUT2D eigenvalue weighted by molar-refractivity contribution is -0.141. The highest BCUT2D eigenvalue weighted by Crippen LogP contribution is 2.50. The molecule has 0 fully saturated rings. The summed E-state index contributed by atoms with van der Waals surface area (Å²) in [6.07, 6.45) is -4.80. The van der Waals surface area contributed by atoms with Crippen LogP contribution in [-0.2, 0) is 12.8 Å². The fourth-order valence-corrected chi connectivity index (χ4v) is 3.58. The Kier molecular flexibility index (Phi) is 5.59. The molecule has 0 bridgehead atoms. The van der Waals surface area contributed by atoms with Gasteiger partial charge in [0.25, 0.3) is 0 Å². The molecule has 0 saturated heterocycles. The van der Waals surface area contributed by atoms with Crippen LogP contribution in [0.15, 0.2) is 53.9 Å². The third kappa shape index (κ3) is 4.03. The molecular weight excluding hydrogens is 444 g/mol. The number of nitrogens with zero attached hydrogens (tertiary/aromatic N) is 2. The normalized spacial score (nSPS) is 15.5. The Bertz CT molecular complexity index is 1260. The van der Waals surface area contributed by atoms with Gasteiger partial charge in [0.05, 0.1) is 18.6 Å². The highest BCUT2D eigenvalue weighted by molar-refractivity contribution is 5.61. The number of halogens is 4. The van der Waals surface area contributed by atoms with Crippen molar-refractivity contribution in [3.63, 3.8) is 0 Å². The van der Waals surface area contributed by atoms with Crippen molar-refractivity contribution in [3.8, 4) is 23.4 Å². The van der Waals surface area contributed by atoms with Gasteiger partial charge in [-0.2, -0.15) is 18.4 Å². The van der Waals surface area contributed by atoms with Crippen LogP contribution in [0.1, 0.15) is 28.3 Å². The number of nitrogens with one attached hydrogen (secondary N) is 1. The van der Waals surface area contributed by atoms with Crippen LogP contribution >= 0.6 is 0 Å². The number of rotatable bonds is 5. The van der Waals surface area contributed by atoms with Crippen molar-refractivity contribution in [3.05, 3.63) is 82.1 Å². The third-order valence-electron chi connectivity index (χ3n) is 5.06. The summed E-state index contributed by atoms with van der Waals surface area (Å²) in [7, 11) is 1.37. The van der Waals surface area contributed by atoms with Crippen LogP contribution in [0.2, 0.25) is 0 Å². The summed E-state index contributed by atoms with van der Waals surface area (Å²) < 4.78 is 70.9. The Hall–Kier alpha value is -4.20. The standard InChI is InChI=1S/C22H16F4N4O3/c1-31-15-4-2-3-13(18(15)32-10-11-5-7-12(23)8-6-11)16-14(9-27)20(28)33-21-17(16)19(29-30-21)22(24,25)26/h2-8,16H,10,28H2,1H3,(H,29,30). The number of hydrogen-bond donors (Lipinski definition) is 2. The monoisotopic (exact) mass is 460 g/mol. The number of hydrogen-bond acceptors (Lipinski definition) is 6. The minimum atomic E-state index is -4.80. The van der Waals surface area contributed by atoms with Gasteiger partial charge in [-0.25, -0.2) is 4.39 Å². The molecule has 0 amide bonds. The molecule has 0 radical (unpaired) electrons. The first-order chi connectivity index (χ1) is 15.7. The molecular formula is C22H16F4N4O3. The number of H-pyrrole nitrogens is 1. The number of ether oxygens (including phenoxy) is 3. The average molecular weight is 460 g/mol. The van der Waals surface area contributed by atoms with Crippen molar-refractivity contribution >= 4 is 0 Å². The van der Waals surface area contributed by atoms with Crippen LogP contribution in [0.5, 0.6) is 17.4 Å². The van der Waals surface area contributed by atoms with E-state index in [1.54, 1.807) is 12.1 Å². The molecule has 1 aliphatic heterocycles. The second-order valence-electron chi connectivity index (χ2n) is 7.03. The number of nitriles is 1. The highest BCUT2D eigenvalue weighted by atomic mass is 19.4. The van der Waals surface area contributed by atoms with Crippen LogP contribution < -0.4 is 19.9 Å². The van der Waals surface area contributed by atoms with E-state index in [4.69, 9.17) is 19.9 Å². The first-order valence-electron chi connectivity index (χ1n) is 9.51. The van der Waals surface area contributed by atoms with E-state index in [9.17, 15) is 22.8 Å². The van der Waals surface area contributed by atoms with Crippen LogP contribution in [0.25, 0.3) is 0 Å². The van der Waals surface area contributed by atoms with Crippen molar-refractivity contribution in [2.75, 3.05) is 7.11 Å². The molecule has 3 N–H and O–H groups in total. The Morgan fingerprint density at radius 3 is 2.58 bits per heavy atom. The van der Waals surface area contributed by atoms with Gasteiger partial charge >= 0.3 is 6.18 Å². The minimum absolute atomic E-state index is 0.0394. The van der Waals surface area contributed by atoms with Crippen molar-refractivity contribution in [1.29, 1.82) is 5.26 Å². The average Bonchev–Trinajstić information content (AvgIpc) is 3.21. The summed E-state index contributed by atoms with van der Waals surface area (Å²) in [6, 6.07) is 12.0. The summed E-state index contributed by atoms with van der Waals surface area (Å²) in [4.78, 5) is 0. The number of alkyl halides is 3. The molecule has 0 aliphatic carbocycles. The van der Waals surface area contributed by atoms with Gasteiger partial charge in [-0.15, -0.1) is 5.10 Å². The van der Waals surface area contributed by atoms with Crippen LogP contribution in [0, 0.1) is 17.1 Å². The smallest absolute Gasteiger partial charge is 0.433 e. The van der Waals surface area contributed by atoms with Gasteiger partial charge in [0.15, 0.2) is 11.5 Å². The topological polar surface area (TPSA) is 106 Å². The molecule has 1 unspecified atom stereocenters. The van der Waals surface area contributed by atoms with E-state index in [1.165, 1.54) is 37.4 Å². The molecule has 0 spiro atoms. The van der Waals surface area contributed by atoms with E-state index in [-0.39, 0.29) is 35.1 Å². The predicted octanol–water partition coefficient (Wildman–Crippen LogP) is 4.37. The minimum Gasteiger partial charge on any atom is -0.493 e. The summed E-state index contributed by atoms with van der Waals surface area (Å²) >= 11 is 0. The zero-order valence-corrected chi connectivity index (χ0v) is 17.0. The first-order valence-corrected chi connectivity index (χ1v) is 9.51. The Balaban J connectivity index is 1.87. The molecule has 33 heavy (non-hydrogen) atoms. The van der Waals surface area contributed by atoms with Crippen LogP contribution in [0.4, 0.5) is 17.6 Å². The van der Waals surface area contributed by atoms with E-state index in [2.05, 4.69) is 5.10 Å². The van der Waals surface area contributed by atoms with Gasteiger partial charge in [0.2, 0.25) is 11.8 Å². The number of aromatic amines is 1. The van der Waals surface area contributed by atoms with Crippen molar-refractivity contribution < 1.29 is 31.8 Å². The second kappa shape index (κ2) is 8.38. The molecule has 2 aromatic carbocycles. The van der Waals surface area contributed by atoms with E-state index in [0.29, 0.717) is 5.56 Å². The molecule has 1 atom stereocenters. The zero-order chi connectivity index (χ0) is 23.8. The molecule has 7 nitrogen and oxygen atoms in total. The lowest BCUT2D eigenvalue weighted by atomic mass is 9.83. The quantitative estimate of drug-likeness (QED) is 0.548. The maximum Gasteiger partial charge on any atom is 0.433 e. The van der Waals surface area contributed by atoms with Crippen LogP contribution in [0.3, 0.4) is 0 Å². The number of para-hydroxylation sites is 1. The number of aromatic nitrogens is 2. The molecule has 2 heterocycles. The molecule has 3 aromatic rings. The molecule has 0 saturated carbocycles. The third-order valence-corrected chi connectivity index (χ3v) is 5.06. The zero-order valence-electron chi connectivity index (χ0n) is 17.0. The molecule has 1 aliphatic rings. The second-order valence-corrected chi connectivity index (χ2v) is 7.03. The number of nitrogens with two attached hydrogens (primary N) is 1. The fraction of sp³-hybridized carbons (Fsp3) is 0.182. The Morgan fingerprint density at radius 1 is 1.21 bits per heavy atom. The lowest BCUT2D eigenvalue weighted by Crippen LogP contribution is -2.23. The number of benzene rings is 2. The van der Waals surface area contributed by atoms with Crippen molar-refractivity contribution in [2.24, 2.45) is 5.73 Å². The molecule has 1 aromatic heterocycles. The van der Waals surface area contributed by atoms with E-state index >= 15 is 0 Å².